The monoisotopic (exact) mass is 124 g/mol. The minimum absolute atomic E-state index is 0.153. The van der Waals surface area contributed by atoms with Crippen LogP contribution in [0.25, 0.3) is 0 Å². The van der Waals surface area contributed by atoms with Gasteiger partial charge in [-0.2, -0.15) is 5.11 Å². The maximum atomic E-state index is 10.5. The molecule has 4 heteroatoms. The number of ketones is 1. The van der Waals surface area contributed by atoms with Crippen molar-refractivity contribution in [2.24, 2.45) is 10.2 Å². The van der Waals surface area contributed by atoms with Gasteiger partial charge in [0.2, 0.25) is 0 Å². The Hall–Kier alpha value is -1.32. The van der Waals surface area contributed by atoms with E-state index in [1.165, 1.54) is 12.3 Å². The van der Waals surface area contributed by atoms with Crippen LogP contribution in [0.3, 0.4) is 0 Å². The molecule has 1 rings (SSSR count). The lowest BCUT2D eigenvalue weighted by molar-refractivity contribution is -0.124. The molecule has 0 aromatic heterocycles. The number of hydrogen-bond donors (Lipinski definition) is 0. The van der Waals surface area contributed by atoms with E-state index in [4.69, 9.17) is 0 Å². The largest absolute Gasteiger partial charge is 0.294 e. The van der Waals surface area contributed by atoms with Crippen molar-refractivity contribution in [2.75, 3.05) is 0 Å². The molecule has 0 atom stereocenters. The minimum Gasteiger partial charge on any atom is -0.294 e. The molecule has 0 N–H and O–H groups in total. The second-order valence-corrected chi connectivity index (χ2v) is 1.57. The van der Waals surface area contributed by atoms with Gasteiger partial charge in [-0.15, -0.1) is 5.11 Å². The molecule has 0 bridgehead atoms. The van der Waals surface area contributed by atoms with Gasteiger partial charge in [0.1, 0.15) is 0 Å². The maximum Gasteiger partial charge on any atom is 0.272 e. The van der Waals surface area contributed by atoms with Crippen LogP contribution in [0.5, 0.6) is 0 Å². The third kappa shape index (κ3) is 1.56. The van der Waals surface area contributed by atoms with Crippen LogP contribution in [0.4, 0.5) is 0 Å². The number of carbonyl (C=O) groups excluding carboxylic acids is 2. The van der Waals surface area contributed by atoms with Gasteiger partial charge in [0.15, 0.2) is 5.78 Å². The second-order valence-electron chi connectivity index (χ2n) is 1.57. The van der Waals surface area contributed by atoms with Crippen molar-refractivity contribution in [1.82, 2.24) is 0 Å². The van der Waals surface area contributed by atoms with Crippen molar-refractivity contribution in [3.63, 3.8) is 0 Å². The number of rotatable bonds is 0. The summed E-state index contributed by atoms with van der Waals surface area (Å²) in [6.45, 7) is 0. The molecule has 0 saturated carbocycles. The molecule has 9 heavy (non-hydrogen) atoms. The molecule has 1 aliphatic rings. The van der Waals surface area contributed by atoms with Gasteiger partial charge in [-0.25, -0.2) is 0 Å². The van der Waals surface area contributed by atoms with Gasteiger partial charge in [0.25, 0.3) is 5.91 Å². The molecule has 0 unspecified atom stereocenters. The van der Waals surface area contributed by atoms with E-state index in [1.54, 1.807) is 0 Å². The Kier molecular flexibility index (Phi) is 1.48. The number of azo groups is 1. The fourth-order valence-electron chi connectivity index (χ4n) is 0.458. The summed E-state index contributed by atoms with van der Waals surface area (Å²) in [7, 11) is 0. The van der Waals surface area contributed by atoms with Gasteiger partial charge in [0, 0.05) is 6.08 Å². The summed E-state index contributed by atoms with van der Waals surface area (Å²) < 4.78 is 0. The molecule has 0 aliphatic carbocycles. The lowest BCUT2D eigenvalue weighted by Gasteiger charge is -1.80. The van der Waals surface area contributed by atoms with Crippen LogP contribution in [0.15, 0.2) is 22.5 Å². The topological polar surface area (TPSA) is 58.9 Å². The van der Waals surface area contributed by atoms with Crippen LogP contribution in [-0.2, 0) is 9.59 Å². The predicted molar refractivity (Wildman–Crippen MR) is 28.6 cm³/mol. The molecular formula is C5H4N2O2. The summed E-state index contributed by atoms with van der Waals surface area (Å²) in [5.74, 6) is -0.727. The van der Waals surface area contributed by atoms with Gasteiger partial charge in [-0.3, -0.25) is 9.59 Å². The quantitative estimate of drug-likeness (QED) is 0.440. The van der Waals surface area contributed by atoms with Crippen LogP contribution in [-0.4, -0.2) is 11.7 Å². The normalized spacial score (nSPS) is 18.2. The Labute approximate surface area is 51.3 Å². The minimum atomic E-state index is -0.481. The van der Waals surface area contributed by atoms with E-state index < -0.39 is 5.91 Å². The van der Waals surface area contributed by atoms with E-state index in [-0.39, 0.29) is 12.2 Å². The Morgan fingerprint density at radius 1 is 1.44 bits per heavy atom. The van der Waals surface area contributed by atoms with Crippen molar-refractivity contribution in [3.05, 3.63) is 12.3 Å². The first-order chi connectivity index (χ1) is 4.29. The van der Waals surface area contributed by atoms with Crippen LogP contribution in [0.2, 0.25) is 0 Å². The van der Waals surface area contributed by atoms with Crippen molar-refractivity contribution in [2.45, 2.75) is 6.42 Å². The zero-order valence-corrected chi connectivity index (χ0v) is 4.57. The third-order valence-electron chi connectivity index (χ3n) is 0.822. The fraction of sp³-hybridized carbons (Fsp3) is 0.200. The molecule has 4 nitrogen and oxygen atoms in total. The average Bonchev–Trinajstić information content (AvgIpc) is 1.93. The molecule has 0 fully saturated rings. The molecule has 1 heterocycles. The zero-order valence-electron chi connectivity index (χ0n) is 4.57. The Morgan fingerprint density at radius 2 is 2.22 bits per heavy atom. The average molecular weight is 124 g/mol. The highest BCUT2D eigenvalue weighted by atomic mass is 16.2. The highest BCUT2D eigenvalue weighted by Gasteiger charge is 2.06. The molecule has 1 amide bonds. The highest BCUT2D eigenvalue weighted by molar-refractivity contribution is 6.04. The van der Waals surface area contributed by atoms with Crippen molar-refractivity contribution in [1.29, 1.82) is 0 Å². The summed E-state index contributed by atoms with van der Waals surface area (Å²) in [5, 5.41) is 6.43. The van der Waals surface area contributed by atoms with E-state index in [0.29, 0.717) is 0 Å². The summed E-state index contributed by atoms with van der Waals surface area (Å²) in [4.78, 5) is 20.8. The smallest absolute Gasteiger partial charge is 0.272 e. The summed E-state index contributed by atoms with van der Waals surface area (Å²) in [6, 6.07) is 0. The number of carbonyl (C=O) groups is 2. The summed E-state index contributed by atoms with van der Waals surface area (Å²) >= 11 is 0. The van der Waals surface area contributed by atoms with Crippen LogP contribution >= 0.6 is 0 Å². The Morgan fingerprint density at radius 3 is 3.00 bits per heavy atom. The van der Waals surface area contributed by atoms with Gasteiger partial charge in [-0.1, -0.05) is 0 Å². The van der Waals surface area contributed by atoms with E-state index in [9.17, 15) is 9.59 Å². The molecule has 1 aliphatic heterocycles. The van der Waals surface area contributed by atoms with Crippen LogP contribution in [0, 0.1) is 0 Å². The predicted octanol–water partition coefficient (Wildman–Crippen LogP) is 0.452. The van der Waals surface area contributed by atoms with Gasteiger partial charge in [-0.05, 0) is 0 Å². The molecule has 0 aromatic rings. The molecule has 46 valence electrons. The van der Waals surface area contributed by atoms with Crippen LogP contribution in [0.1, 0.15) is 6.42 Å². The summed E-state index contributed by atoms with van der Waals surface area (Å²) in [6.07, 6.45) is 2.29. The van der Waals surface area contributed by atoms with Gasteiger partial charge in [0.05, 0.1) is 12.6 Å². The van der Waals surface area contributed by atoms with Crippen molar-refractivity contribution < 1.29 is 9.59 Å². The lowest BCUT2D eigenvalue weighted by atomic mass is 10.3. The van der Waals surface area contributed by atoms with Crippen LogP contribution < -0.4 is 0 Å². The number of amides is 1. The Bertz CT molecular complexity index is 183. The van der Waals surface area contributed by atoms with E-state index in [2.05, 4.69) is 10.2 Å². The first-order valence-corrected chi connectivity index (χ1v) is 2.42. The van der Waals surface area contributed by atoms with Crippen molar-refractivity contribution >= 4 is 11.7 Å². The molecule has 0 radical (unpaired) electrons. The fourth-order valence-corrected chi connectivity index (χ4v) is 0.458. The highest BCUT2D eigenvalue weighted by Crippen LogP contribution is 1.95. The van der Waals surface area contributed by atoms with E-state index >= 15 is 0 Å². The van der Waals surface area contributed by atoms with Crippen molar-refractivity contribution in [3.8, 4) is 0 Å². The first-order valence-electron chi connectivity index (χ1n) is 2.42. The van der Waals surface area contributed by atoms with E-state index in [0.717, 1.165) is 0 Å². The number of hydrogen-bond acceptors (Lipinski definition) is 3. The number of allylic oxidation sites excluding steroid dienone is 1. The second kappa shape index (κ2) is 2.30. The van der Waals surface area contributed by atoms with E-state index in [1.807, 2.05) is 0 Å². The lowest BCUT2D eigenvalue weighted by Crippen LogP contribution is -1.99. The summed E-state index contributed by atoms with van der Waals surface area (Å²) in [5.41, 5.74) is 0. The zero-order chi connectivity index (χ0) is 6.69. The molecule has 0 aromatic carbocycles. The maximum absolute atomic E-state index is 10.5. The van der Waals surface area contributed by atoms with Gasteiger partial charge >= 0.3 is 0 Å². The molecule has 0 spiro atoms. The third-order valence-corrected chi connectivity index (χ3v) is 0.822. The first kappa shape index (κ1) is 5.81. The SMILES string of the molecule is O=C1C=CN=NC(=O)C1. The Balaban J connectivity index is 2.76. The standard InChI is InChI=1S/C5H4N2O2/c8-4-1-2-6-7-5(9)3-4/h1-2H,3H2. The molecular weight excluding hydrogens is 120 g/mol. The van der Waals surface area contributed by atoms with Gasteiger partial charge < -0.3 is 0 Å². The number of nitrogens with zero attached hydrogens (tertiary/aromatic N) is 2. The molecule has 0 saturated heterocycles.